The number of aryl methyl sites for hydroxylation is 1. The van der Waals surface area contributed by atoms with Gasteiger partial charge in [-0.3, -0.25) is 0 Å². The number of aromatic nitrogens is 1. The Morgan fingerprint density at radius 3 is 2.95 bits per heavy atom. The Hall–Kier alpha value is -1.92. The molecule has 2 aromatic heterocycles. The molecule has 0 amide bonds. The largest absolute Gasteiger partial charge is 0.478 e. The van der Waals surface area contributed by atoms with E-state index < -0.39 is 12.1 Å². The molecular formula is C13H14N2O3S. The number of carbonyl (C=O) groups is 1. The molecule has 6 heteroatoms. The van der Waals surface area contributed by atoms with Crippen molar-refractivity contribution in [1.29, 1.82) is 0 Å². The molecule has 2 rings (SSSR count). The third-order valence-corrected chi connectivity index (χ3v) is 3.31. The number of hydrogen-bond acceptors (Lipinski definition) is 5. The van der Waals surface area contributed by atoms with E-state index >= 15 is 0 Å². The molecule has 0 aliphatic rings. The summed E-state index contributed by atoms with van der Waals surface area (Å²) in [6.45, 7) is 2.01. The molecule has 0 radical (unpaired) electrons. The highest BCUT2D eigenvalue weighted by Crippen LogP contribution is 2.17. The van der Waals surface area contributed by atoms with Crippen LogP contribution >= 0.6 is 11.3 Å². The number of pyridine rings is 1. The second kappa shape index (κ2) is 5.81. The summed E-state index contributed by atoms with van der Waals surface area (Å²) in [6, 6.07) is 4.81. The van der Waals surface area contributed by atoms with Gasteiger partial charge in [0.1, 0.15) is 5.82 Å². The molecule has 0 aliphatic carbocycles. The Bertz CT molecular complexity index is 569. The van der Waals surface area contributed by atoms with E-state index in [1.165, 1.54) is 23.5 Å². The van der Waals surface area contributed by atoms with Crippen LogP contribution in [0.25, 0.3) is 0 Å². The highest BCUT2D eigenvalue weighted by molar-refractivity contribution is 7.07. The maximum absolute atomic E-state index is 10.9. The van der Waals surface area contributed by atoms with Crippen molar-refractivity contribution in [3.63, 3.8) is 0 Å². The number of aliphatic hydroxyl groups is 1. The summed E-state index contributed by atoms with van der Waals surface area (Å²) < 4.78 is 0. The lowest BCUT2D eigenvalue weighted by Crippen LogP contribution is -2.13. The second-order valence-corrected chi connectivity index (χ2v) is 4.92. The third-order valence-electron chi connectivity index (χ3n) is 2.60. The molecule has 5 nitrogen and oxygen atoms in total. The Balaban J connectivity index is 2.05. The molecule has 0 saturated carbocycles. The van der Waals surface area contributed by atoms with Gasteiger partial charge in [-0.15, -0.1) is 0 Å². The van der Waals surface area contributed by atoms with Gasteiger partial charge in [0, 0.05) is 12.2 Å². The van der Waals surface area contributed by atoms with Gasteiger partial charge in [0.05, 0.1) is 11.7 Å². The first kappa shape index (κ1) is 13.5. The van der Waals surface area contributed by atoms with Gasteiger partial charge >= 0.3 is 5.97 Å². The first-order chi connectivity index (χ1) is 9.06. The SMILES string of the molecule is Cc1cc(C(=O)O)cc(NCC(O)c2ccsc2)n1. The fraction of sp³-hybridized carbons (Fsp3) is 0.231. The Morgan fingerprint density at radius 1 is 1.53 bits per heavy atom. The van der Waals surface area contributed by atoms with Crippen LogP contribution in [0.5, 0.6) is 0 Å². The van der Waals surface area contributed by atoms with Crippen LogP contribution in [-0.4, -0.2) is 27.7 Å². The molecular weight excluding hydrogens is 264 g/mol. The summed E-state index contributed by atoms with van der Waals surface area (Å²) in [7, 11) is 0. The van der Waals surface area contributed by atoms with Crippen LogP contribution in [0.15, 0.2) is 29.0 Å². The minimum Gasteiger partial charge on any atom is -0.478 e. The van der Waals surface area contributed by atoms with Crippen molar-refractivity contribution in [2.75, 3.05) is 11.9 Å². The van der Waals surface area contributed by atoms with E-state index in [-0.39, 0.29) is 12.1 Å². The van der Waals surface area contributed by atoms with Crippen molar-refractivity contribution in [2.24, 2.45) is 0 Å². The number of nitrogens with one attached hydrogen (secondary N) is 1. The van der Waals surface area contributed by atoms with Gasteiger partial charge in [0.15, 0.2) is 0 Å². The number of aliphatic hydroxyl groups excluding tert-OH is 1. The normalized spacial score (nSPS) is 12.1. The quantitative estimate of drug-likeness (QED) is 0.781. The van der Waals surface area contributed by atoms with Crippen LogP contribution < -0.4 is 5.32 Å². The number of nitrogens with zero attached hydrogens (tertiary/aromatic N) is 1. The van der Waals surface area contributed by atoms with Crippen LogP contribution in [0.3, 0.4) is 0 Å². The number of aromatic carboxylic acids is 1. The van der Waals surface area contributed by atoms with Gasteiger partial charge in [-0.2, -0.15) is 11.3 Å². The molecule has 100 valence electrons. The summed E-state index contributed by atoms with van der Waals surface area (Å²) in [5.41, 5.74) is 1.64. The van der Waals surface area contributed by atoms with Crippen molar-refractivity contribution < 1.29 is 15.0 Å². The van der Waals surface area contributed by atoms with E-state index in [1.807, 2.05) is 16.8 Å². The Labute approximate surface area is 114 Å². The van der Waals surface area contributed by atoms with Gasteiger partial charge in [-0.05, 0) is 41.4 Å². The first-order valence-electron chi connectivity index (χ1n) is 5.72. The molecule has 0 saturated heterocycles. The molecule has 19 heavy (non-hydrogen) atoms. The fourth-order valence-corrected chi connectivity index (χ4v) is 2.37. The van der Waals surface area contributed by atoms with Crippen LogP contribution in [-0.2, 0) is 0 Å². The molecule has 0 fully saturated rings. The summed E-state index contributed by atoms with van der Waals surface area (Å²) >= 11 is 1.52. The van der Waals surface area contributed by atoms with Gasteiger partial charge in [0.25, 0.3) is 0 Å². The van der Waals surface area contributed by atoms with Crippen molar-refractivity contribution in [1.82, 2.24) is 4.98 Å². The van der Waals surface area contributed by atoms with Crippen LogP contribution in [0, 0.1) is 6.92 Å². The zero-order valence-corrected chi connectivity index (χ0v) is 11.1. The second-order valence-electron chi connectivity index (χ2n) is 4.14. The fourth-order valence-electron chi connectivity index (χ4n) is 1.67. The predicted octanol–water partition coefficient (Wildman–Crippen LogP) is 2.30. The van der Waals surface area contributed by atoms with Crippen molar-refractivity contribution in [3.05, 3.63) is 45.8 Å². The average Bonchev–Trinajstić information content (AvgIpc) is 2.89. The monoisotopic (exact) mass is 278 g/mol. The zero-order chi connectivity index (χ0) is 13.8. The summed E-state index contributed by atoms with van der Waals surface area (Å²) in [5, 5.41) is 25.6. The van der Waals surface area contributed by atoms with E-state index in [1.54, 1.807) is 6.92 Å². The number of hydrogen-bond donors (Lipinski definition) is 3. The zero-order valence-electron chi connectivity index (χ0n) is 10.3. The Kier molecular flexibility index (Phi) is 4.13. The van der Waals surface area contributed by atoms with Crippen molar-refractivity contribution >= 4 is 23.1 Å². The molecule has 2 heterocycles. The van der Waals surface area contributed by atoms with E-state index in [0.717, 1.165) is 5.56 Å². The highest BCUT2D eigenvalue weighted by Gasteiger charge is 2.10. The number of rotatable bonds is 5. The van der Waals surface area contributed by atoms with Gasteiger partial charge in [0.2, 0.25) is 0 Å². The number of carboxylic acid groups (broad SMARTS) is 1. The molecule has 3 N–H and O–H groups in total. The minimum atomic E-state index is -0.994. The lowest BCUT2D eigenvalue weighted by molar-refractivity contribution is 0.0696. The predicted molar refractivity (Wildman–Crippen MR) is 73.7 cm³/mol. The maximum atomic E-state index is 10.9. The van der Waals surface area contributed by atoms with E-state index in [2.05, 4.69) is 10.3 Å². The van der Waals surface area contributed by atoms with Crippen LogP contribution in [0.4, 0.5) is 5.82 Å². The van der Waals surface area contributed by atoms with Gasteiger partial charge in [-0.25, -0.2) is 9.78 Å². The lowest BCUT2D eigenvalue weighted by Gasteiger charge is -2.12. The molecule has 1 atom stereocenters. The summed E-state index contributed by atoms with van der Waals surface area (Å²) in [4.78, 5) is 15.1. The maximum Gasteiger partial charge on any atom is 0.335 e. The molecule has 0 aliphatic heterocycles. The first-order valence-corrected chi connectivity index (χ1v) is 6.66. The molecule has 0 aromatic carbocycles. The topological polar surface area (TPSA) is 82.5 Å². The smallest absolute Gasteiger partial charge is 0.335 e. The number of anilines is 1. The Morgan fingerprint density at radius 2 is 2.32 bits per heavy atom. The van der Waals surface area contributed by atoms with Crippen LogP contribution in [0.1, 0.15) is 27.7 Å². The number of thiophene rings is 1. The van der Waals surface area contributed by atoms with Gasteiger partial charge in [-0.1, -0.05) is 0 Å². The van der Waals surface area contributed by atoms with Crippen molar-refractivity contribution in [3.8, 4) is 0 Å². The minimum absolute atomic E-state index is 0.181. The van der Waals surface area contributed by atoms with E-state index in [0.29, 0.717) is 11.5 Å². The molecule has 2 aromatic rings. The highest BCUT2D eigenvalue weighted by atomic mass is 32.1. The summed E-state index contributed by atoms with van der Waals surface area (Å²) in [6.07, 6.45) is -0.637. The van der Waals surface area contributed by atoms with Gasteiger partial charge < -0.3 is 15.5 Å². The molecule has 0 bridgehead atoms. The molecule has 1 unspecified atom stereocenters. The standard InChI is InChI=1S/C13H14N2O3S/c1-8-4-10(13(17)18)5-12(15-8)14-6-11(16)9-2-3-19-7-9/h2-5,7,11,16H,6H2,1H3,(H,14,15)(H,17,18). The lowest BCUT2D eigenvalue weighted by atomic mass is 10.2. The summed E-state index contributed by atoms with van der Waals surface area (Å²) in [5.74, 6) is -0.543. The average molecular weight is 278 g/mol. The molecule has 0 spiro atoms. The third kappa shape index (κ3) is 3.52. The van der Waals surface area contributed by atoms with Crippen LogP contribution in [0.2, 0.25) is 0 Å². The number of carboxylic acids is 1. The van der Waals surface area contributed by atoms with E-state index in [9.17, 15) is 9.90 Å². The van der Waals surface area contributed by atoms with Crippen molar-refractivity contribution in [2.45, 2.75) is 13.0 Å². The van der Waals surface area contributed by atoms with E-state index in [4.69, 9.17) is 5.11 Å².